The molecular weight excluding hydrogens is 206 g/mol. The van der Waals surface area contributed by atoms with Gasteiger partial charge in [-0.05, 0) is 27.6 Å². The summed E-state index contributed by atoms with van der Waals surface area (Å²) >= 11 is 1.84. The summed E-state index contributed by atoms with van der Waals surface area (Å²) in [5.74, 6) is 0. The van der Waals surface area contributed by atoms with Gasteiger partial charge in [-0.1, -0.05) is 6.92 Å². The van der Waals surface area contributed by atoms with Gasteiger partial charge in [0.2, 0.25) is 0 Å². The molecule has 1 rings (SSSR count). The Morgan fingerprint density at radius 1 is 1.40 bits per heavy atom. The van der Waals surface area contributed by atoms with E-state index < -0.39 is 0 Å². The zero-order valence-corrected chi connectivity index (χ0v) is 10.9. The van der Waals surface area contributed by atoms with E-state index >= 15 is 0 Å². The zero-order chi connectivity index (χ0) is 11.3. The average molecular weight is 227 g/mol. The quantitative estimate of drug-likeness (QED) is 0.801. The number of hydrogen-bond acceptors (Lipinski definition) is 4. The van der Waals surface area contributed by atoms with Gasteiger partial charge in [0, 0.05) is 24.4 Å². The maximum Gasteiger partial charge on any atom is 0.0944 e. The number of aryl methyl sites for hydroxylation is 1. The molecule has 3 nitrogen and oxygen atoms in total. The number of rotatable bonds is 6. The maximum atomic E-state index is 4.59. The van der Waals surface area contributed by atoms with Crippen LogP contribution in [0.4, 0.5) is 0 Å². The van der Waals surface area contributed by atoms with Crippen molar-refractivity contribution >= 4 is 11.3 Å². The second-order valence-corrected chi connectivity index (χ2v) is 5.12. The molecule has 86 valence electrons. The van der Waals surface area contributed by atoms with Crippen molar-refractivity contribution in [3.05, 3.63) is 15.6 Å². The Labute approximate surface area is 96.5 Å². The van der Waals surface area contributed by atoms with Gasteiger partial charge < -0.3 is 10.2 Å². The predicted octanol–water partition coefficient (Wildman–Crippen LogP) is 1.67. The highest BCUT2D eigenvalue weighted by Gasteiger charge is 2.06. The maximum absolute atomic E-state index is 4.59. The van der Waals surface area contributed by atoms with E-state index in [2.05, 4.69) is 43.1 Å². The van der Waals surface area contributed by atoms with E-state index in [0.29, 0.717) is 0 Å². The van der Waals surface area contributed by atoms with E-state index in [9.17, 15) is 0 Å². The molecule has 1 N–H and O–H groups in total. The Hall–Kier alpha value is -0.450. The van der Waals surface area contributed by atoms with Crippen LogP contribution in [0.5, 0.6) is 0 Å². The van der Waals surface area contributed by atoms with Crippen LogP contribution < -0.4 is 5.32 Å². The Morgan fingerprint density at radius 3 is 2.73 bits per heavy atom. The largest absolute Gasteiger partial charge is 0.312 e. The Bertz CT molecular complexity index is 294. The monoisotopic (exact) mass is 227 g/mol. The third-order valence-electron chi connectivity index (χ3n) is 2.25. The molecule has 0 aromatic carbocycles. The van der Waals surface area contributed by atoms with Crippen molar-refractivity contribution in [1.29, 1.82) is 0 Å². The first-order valence-corrected chi connectivity index (χ1v) is 6.25. The van der Waals surface area contributed by atoms with Crippen molar-refractivity contribution in [3.63, 3.8) is 0 Å². The summed E-state index contributed by atoms with van der Waals surface area (Å²) in [7, 11) is 4.19. The van der Waals surface area contributed by atoms with Gasteiger partial charge in [-0.2, -0.15) is 0 Å². The van der Waals surface area contributed by atoms with E-state index in [-0.39, 0.29) is 0 Å². The normalized spacial score (nSPS) is 11.3. The predicted molar refractivity (Wildman–Crippen MR) is 66.5 cm³/mol. The molecule has 15 heavy (non-hydrogen) atoms. The molecule has 0 spiro atoms. The summed E-state index contributed by atoms with van der Waals surface area (Å²) in [6, 6.07) is 0. The Morgan fingerprint density at radius 2 is 2.13 bits per heavy atom. The molecule has 0 aliphatic rings. The number of aromatic nitrogens is 1. The number of nitrogens with one attached hydrogen (secondary N) is 1. The smallest absolute Gasteiger partial charge is 0.0944 e. The molecule has 0 saturated carbocycles. The molecule has 0 fully saturated rings. The van der Waals surface area contributed by atoms with Crippen molar-refractivity contribution in [2.45, 2.75) is 26.8 Å². The lowest BCUT2D eigenvalue weighted by atomic mass is 10.4. The fraction of sp³-hybridized carbons (Fsp3) is 0.727. The third kappa shape index (κ3) is 4.28. The van der Waals surface area contributed by atoms with E-state index in [0.717, 1.165) is 26.1 Å². The summed E-state index contributed by atoms with van der Waals surface area (Å²) in [5, 5.41) is 4.60. The highest BCUT2D eigenvalue weighted by molar-refractivity contribution is 7.11. The van der Waals surface area contributed by atoms with Crippen molar-refractivity contribution < 1.29 is 0 Å². The fourth-order valence-corrected chi connectivity index (χ4v) is 2.34. The number of likely N-dealkylation sites (N-methyl/N-ethyl adjacent to an activating group) is 1. The zero-order valence-electron chi connectivity index (χ0n) is 10.1. The summed E-state index contributed by atoms with van der Waals surface area (Å²) in [6.45, 7) is 7.28. The first-order chi connectivity index (χ1) is 7.13. The van der Waals surface area contributed by atoms with Gasteiger partial charge in [0.05, 0.1) is 10.7 Å². The van der Waals surface area contributed by atoms with Crippen molar-refractivity contribution in [2.75, 3.05) is 27.2 Å². The molecular formula is C11H21N3S. The minimum Gasteiger partial charge on any atom is -0.312 e. The number of nitrogens with zero attached hydrogens (tertiary/aromatic N) is 2. The molecule has 1 aromatic rings. The van der Waals surface area contributed by atoms with Crippen LogP contribution in [0.25, 0.3) is 0 Å². The van der Waals surface area contributed by atoms with Crippen LogP contribution in [-0.4, -0.2) is 37.1 Å². The molecule has 4 heteroatoms. The standard InChI is InChI=1S/C11H21N3S/c1-5-12-8-10-9(2)13-11(15-10)6-7-14(3)4/h12H,5-8H2,1-4H3. The molecule has 0 aliphatic heterocycles. The van der Waals surface area contributed by atoms with Gasteiger partial charge in [-0.15, -0.1) is 11.3 Å². The molecule has 0 aliphatic carbocycles. The Kier molecular flexibility index (Phi) is 5.22. The molecule has 1 aromatic heterocycles. The van der Waals surface area contributed by atoms with Crippen molar-refractivity contribution in [3.8, 4) is 0 Å². The van der Waals surface area contributed by atoms with Gasteiger partial charge in [-0.3, -0.25) is 0 Å². The third-order valence-corrected chi connectivity index (χ3v) is 3.46. The van der Waals surface area contributed by atoms with Crippen LogP contribution >= 0.6 is 11.3 Å². The van der Waals surface area contributed by atoms with Crippen LogP contribution in [0, 0.1) is 6.92 Å². The summed E-state index contributed by atoms with van der Waals surface area (Å²) in [6.07, 6.45) is 1.06. The second kappa shape index (κ2) is 6.20. The topological polar surface area (TPSA) is 28.2 Å². The van der Waals surface area contributed by atoms with Crippen LogP contribution in [-0.2, 0) is 13.0 Å². The first-order valence-electron chi connectivity index (χ1n) is 5.44. The van der Waals surface area contributed by atoms with Crippen molar-refractivity contribution in [2.24, 2.45) is 0 Å². The highest BCUT2D eigenvalue weighted by atomic mass is 32.1. The van der Waals surface area contributed by atoms with Crippen molar-refractivity contribution in [1.82, 2.24) is 15.2 Å². The van der Waals surface area contributed by atoms with Crippen LogP contribution in [0.1, 0.15) is 22.5 Å². The van der Waals surface area contributed by atoms with E-state index in [4.69, 9.17) is 0 Å². The van der Waals surface area contributed by atoms with Gasteiger partial charge in [0.15, 0.2) is 0 Å². The molecule has 0 saturated heterocycles. The van der Waals surface area contributed by atoms with E-state index in [1.165, 1.54) is 15.6 Å². The molecule has 0 bridgehead atoms. The summed E-state index contributed by atoms with van der Waals surface area (Å²) in [5.41, 5.74) is 1.19. The second-order valence-electron chi connectivity index (χ2n) is 3.95. The first kappa shape index (κ1) is 12.6. The fourth-order valence-electron chi connectivity index (χ4n) is 1.32. The molecule has 0 amide bonds. The summed E-state index contributed by atoms with van der Waals surface area (Å²) in [4.78, 5) is 8.16. The average Bonchev–Trinajstić information content (AvgIpc) is 2.53. The van der Waals surface area contributed by atoms with E-state index in [1.54, 1.807) is 0 Å². The lowest BCUT2D eigenvalue weighted by Gasteiger charge is -2.06. The van der Waals surface area contributed by atoms with Gasteiger partial charge >= 0.3 is 0 Å². The van der Waals surface area contributed by atoms with E-state index in [1.807, 2.05) is 11.3 Å². The number of hydrogen-bond donors (Lipinski definition) is 1. The highest BCUT2D eigenvalue weighted by Crippen LogP contribution is 2.18. The van der Waals surface area contributed by atoms with Gasteiger partial charge in [-0.25, -0.2) is 4.98 Å². The molecule has 0 radical (unpaired) electrons. The van der Waals surface area contributed by atoms with Gasteiger partial charge in [0.25, 0.3) is 0 Å². The SMILES string of the molecule is CCNCc1sc(CCN(C)C)nc1C. The minimum absolute atomic E-state index is 0.960. The molecule has 0 atom stereocenters. The lowest BCUT2D eigenvalue weighted by molar-refractivity contribution is 0.413. The van der Waals surface area contributed by atoms with Crippen LogP contribution in [0.2, 0.25) is 0 Å². The van der Waals surface area contributed by atoms with Gasteiger partial charge in [0.1, 0.15) is 0 Å². The van der Waals surface area contributed by atoms with Crippen LogP contribution in [0.15, 0.2) is 0 Å². The molecule has 0 unspecified atom stereocenters. The minimum atomic E-state index is 0.960. The lowest BCUT2D eigenvalue weighted by Crippen LogP contribution is -2.14. The number of thiazole rings is 1. The van der Waals surface area contributed by atoms with Crippen LogP contribution in [0.3, 0.4) is 0 Å². The summed E-state index contributed by atoms with van der Waals surface area (Å²) < 4.78 is 0. The Balaban J connectivity index is 2.52. The molecule has 1 heterocycles.